The number of hydrogen-bond donors (Lipinski definition) is 1. The van der Waals surface area contributed by atoms with Crippen molar-refractivity contribution in [1.29, 1.82) is 0 Å². The van der Waals surface area contributed by atoms with Crippen LogP contribution in [0.25, 0.3) is 0 Å². The highest BCUT2D eigenvalue weighted by Gasteiger charge is 1.99. The Labute approximate surface area is 79.1 Å². The van der Waals surface area contributed by atoms with Crippen molar-refractivity contribution in [2.45, 2.75) is 20.3 Å². The van der Waals surface area contributed by atoms with Crippen LogP contribution in [0.4, 0.5) is 5.69 Å². The van der Waals surface area contributed by atoms with Gasteiger partial charge in [-0.3, -0.25) is 4.68 Å². The zero-order valence-electron chi connectivity index (χ0n) is 8.39. The molecule has 0 saturated carbocycles. The first-order chi connectivity index (χ1) is 6.24. The lowest BCUT2D eigenvalue weighted by molar-refractivity contribution is 0.756. The van der Waals surface area contributed by atoms with Gasteiger partial charge < -0.3 is 5.32 Å². The van der Waals surface area contributed by atoms with Crippen LogP contribution >= 0.6 is 0 Å². The maximum Gasteiger partial charge on any atom is 0.0824 e. The lowest BCUT2D eigenvalue weighted by Gasteiger charge is -1.99. The normalized spacial score (nSPS) is 9.15. The fourth-order valence-electron chi connectivity index (χ4n) is 1.16. The van der Waals surface area contributed by atoms with Crippen LogP contribution in [0.1, 0.15) is 19.0 Å². The SMILES string of the molecule is CC#CCCNc1cn(C)nc1C. The van der Waals surface area contributed by atoms with Crippen LogP contribution < -0.4 is 5.32 Å². The summed E-state index contributed by atoms with van der Waals surface area (Å²) in [6.45, 7) is 4.73. The van der Waals surface area contributed by atoms with Gasteiger partial charge in [-0.15, -0.1) is 11.8 Å². The number of nitrogens with one attached hydrogen (secondary N) is 1. The number of rotatable bonds is 3. The minimum Gasteiger partial charge on any atom is -0.381 e. The van der Waals surface area contributed by atoms with Crippen LogP contribution in [0.15, 0.2) is 6.20 Å². The molecule has 0 amide bonds. The Kier molecular flexibility index (Phi) is 3.39. The van der Waals surface area contributed by atoms with E-state index in [0.717, 1.165) is 24.3 Å². The van der Waals surface area contributed by atoms with Crippen LogP contribution in [0.3, 0.4) is 0 Å². The number of nitrogens with zero attached hydrogens (tertiary/aromatic N) is 2. The van der Waals surface area contributed by atoms with Gasteiger partial charge in [0, 0.05) is 26.2 Å². The Bertz CT molecular complexity index is 328. The monoisotopic (exact) mass is 177 g/mol. The van der Waals surface area contributed by atoms with Gasteiger partial charge in [-0.2, -0.15) is 5.10 Å². The largest absolute Gasteiger partial charge is 0.381 e. The number of hydrogen-bond acceptors (Lipinski definition) is 2. The molecule has 0 unspecified atom stereocenters. The first kappa shape index (κ1) is 9.66. The van der Waals surface area contributed by atoms with Crippen molar-refractivity contribution in [3.8, 4) is 11.8 Å². The number of aromatic nitrogens is 2. The maximum absolute atomic E-state index is 4.23. The first-order valence-corrected chi connectivity index (χ1v) is 4.37. The number of anilines is 1. The topological polar surface area (TPSA) is 29.9 Å². The molecule has 3 heteroatoms. The second-order valence-electron chi connectivity index (χ2n) is 2.91. The molecule has 13 heavy (non-hydrogen) atoms. The highest BCUT2D eigenvalue weighted by molar-refractivity contribution is 5.45. The maximum atomic E-state index is 4.23. The van der Waals surface area contributed by atoms with Crippen molar-refractivity contribution in [1.82, 2.24) is 9.78 Å². The summed E-state index contributed by atoms with van der Waals surface area (Å²) in [5.41, 5.74) is 2.13. The smallest absolute Gasteiger partial charge is 0.0824 e. The second kappa shape index (κ2) is 4.56. The van der Waals surface area contributed by atoms with Gasteiger partial charge in [-0.05, 0) is 13.8 Å². The Morgan fingerprint density at radius 2 is 2.38 bits per heavy atom. The molecule has 1 N–H and O–H groups in total. The van der Waals surface area contributed by atoms with Crippen LogP contribution in [-0.2, 0) is 7.05 Å². The van der Waals surface area contributed by atoms with Gasteiger partial charge in [0.05, 0.1) is 11.4 Å². The molecule has 1 aromatic rings. The Morgan fingerprint density at radius 1 is 1.62 bits per heavy atom. The molecule has 0 radical (unpaired) electrons. The summed E-state index contributed by atoms with van der Waals surface area (Å²) in [7, 11) is 1.92. The summed E-state index contributed by atoms with van der Waals surface area (Å²) in [6, 6.07) is 0. The number of aryl methyl sites for hydroxylation is 2. The molecule has 0 aromatic carbocycles. The zero-order valence-corrected chi connectivity index (χ0v) is 8.39. The Balaban J connectivity index is 2.43. The quantitative estimate of drug-likeness (QED) is 0.561. The summed E-state index contributed by atoms with van der Waals surface area (Å²) in [5.74, 6) is 5.87. The Hall–Kier alpha value is -1.43. The molecular formula is C10H15N3. The molecule has 0 aliphatic heterocycles. The first-order valence-electron chi connectivity index (χ1n) is 4.37. The molecule has 1 rings (SSSR count). The third-order valence-corrected chi connectivity index (χ3v) is 1.76. The van der Waals surface area contributed by atoms with E-state index in [-0.39, 0.29) is 0 Å². The van der Waals surface area contributed by atoms with E-state index in [1.54, 1.807) is 0 Å². The van der Waals surface area contributed by atoms with Gasteiger partial charge in [0.25, 0.3) is 0 Å². The molecule has 0 aliphatic carbocycles. The predicted molar refractivity (Wildman–Crippen MR) is 54.5 cm³/mol. The van der Waals surface area contributed by atoms with Crippen LogP contribution in [-0.4, -0.2) is 16.3 Å². The van der Waals surface area contributed by atoms with E-state index in [0.29, 0.717) is 0 Å². The molecule has 0 fully saturated rings. The minimum atomic E-state index is 0.880. The predicted octanol–water partition coefficient (Wildman–Crippen LogP) is 1.55. The summed E-state index contributed by atoms with van der Waals surface area (Å²) in [4.78, 5) is 0. The lowest BCUT2D eigenvalue weighted by atomic mass is 10.3. The standard InChI is InChI=1S/C10H15N3/c1-4-5-6-7-11-10-8-13(3)12-9(10)2/h8,11H,6-7H2,1-3H3. The minimum absolute atomic E-state index is 0.880. The van der Waals surface area contributed by atoms with Crippen molar-refractivity contribution >= 4 is 5.69 Å². The molecule has 1 aromatic heterocycles. The van der Waals surface area contributed by atoms with E-state index >= 15 is 0 Å². The molecule has 1 heterocycles. The molecule has 70 valence electrons. The molecular weight excluding hydrogens is 162 g/mol. The average molecular weight is 177 g/mol. The highest BCUT2D eigenvalue weighted by atomic mass is 15.3. The third-order valence-electron chi connectivity index (χ3n) is 1.76. The molecule has 3 nitrogen and oxygen atoms in total. The fraction of sp³-hybridized carbons (Fsp3) is 0.500. The average Bonchev–Trinajstić information content (AvgIpc) is 2.39. The molecule has 0 bridgehead atoms. The van der Waals surface area contributed by atoms with Gasteiger partial charge in [-0.25, -0.2) is 0 Å². The van der Waals surface area contributed by atoms with Crippen molar-refractivity contribution in [2.75, 3.05) is 11.9 Å². The van der Waals surface area contributed by atoms with Gasteiger partial charge in [0.1, 0.15) is 0 Å². The molecule has 0 atom stereocenters. The summed E-state index contributed by atoms with van der Waals surface area (Å²) in [5, 5.41) is 7.51. The van der Waals surface area contributed by atoms with Crippen molar-refractivity contribution in [2.24, 2.45) is 7.05 Å². The third kappa shape index (κ3) is 2.83. The van der Waals surface area contributed by atoms with Gasteiger partial charge in [0.2, 0.25) is 0 Å². The molecule has 0 saturated heterocycles. The van der Waals surface area contributed by atoms with E-state index in [4.69, 9.17) is 0 Å². The van der Waals surface area contributed by atoms with Crippen molar-refractivity contribution < 1.29 is 0 Å². The summed E-state index contributed by atoms with van der Waals surface area (Å²) in [6.07, 6.45) is 2.86. The Morgan fingerprint density at radius 3 is 2.92 bits per heavy atom. The molecule has 0 spiro atoms. The zero-order chi connectivity index (χ0) is 9.68. The van der Waals surface area contributed by atoms with Crippen molar-refractivity contribution in [3.05, 3.63) is 11.9 Å². The van der Waals surface area contributed by atoms with E-state index in [1.807, 2.05) is 31.8 Å². The van der Waals surface area contributed by atoms with Crippen LogP contribution in [0.2, 0.25) is 0 Å². The second-order valence-corrected chi connectivity index (χ2v) is 2.91. The lowest BCUT2D eigenvalue weighted by Crippen LogP contribution is -2.00. The summed E-state index contributed by atoms with van der Waals surface area (Å²) < 4.78 is 1.81. The van der Waals surface area contributed by atoms with Crippen LogP contribution in [0, 0.1) is 18.8 Å². The molecule has 0 aliphatic rings. The fourth-order valence-corrected chi connectivity index (χ4v) is 1.16. The van der Waals surface area contributed by atoms with Crippen molar-refractivity contribution in [3.63, 3.8) is 0 Å². The van der Waals surface area contributed by atoms with Gasteiger partial charge in [-0.1, -0.05) is 0 Å². The van der Waals surface area contributed by atoms with E-state index in [2.05, 4.69) is 22.3 Å². The van der Waals surface area contributed by atoms with E-state index < -0.39 is 0 Å². The van der Waals surface area contributed by atoms with E-state index in [9.17, 15) is 0 Å². The van der Waals surface area contributed by atoms with Gasteiger partial charge >= 0.3 is 0 Å². The van der Waals surface area contributed by atoms with Crippen LogP contribution in [0.5, 0.6) is 0 Å². The van der Waals surface area contributed by atoms with Gasteiger partial charge in [0.15, 0.2) is 0 Å². The highest BCUT2D eigenvalue weighted by Crippen LogP contribution is 2.10. The van der Waals surface area contributed by atoms with E-state index in [1.165, 1.54) is 0 Å². The summed E-state index contributed by atoms with van der Waals surface area (Å²) >= 11 is 0.